The summed E-state index contributed by atoms with van der Waals surface area (Å²) in [6, 6.07) is 1.79. The van der Waals surface area contributed by atoms with Crippen molar-refractivity contribution < 1.29 is 33.4 Å². The molecule has 1 aliphatic heterocycles. The number of amides is 4. The van der Waals surface area contributed by atoms with E-state index in [-0.39, 0.29) is 17.7 Å². The van der Waals surface area contributed by atoms with E-state index in [1.54, 1.807) is 0 Å². The molecule has 3 rings (SSSR count). The summed E-state index contributed by atoms with van der Waals surface area (Å²) in [5, 5.41) is 13.4. The number of aryl methyl sites for hydroxylation is 1. The molecule has 9 nitrogen and oxygen atoms in total. The number of hydrogen-bond donors (Lipinski definition) is 3. The smallest absolute Gasteiger partial charge is 0.418 e. The molecule has 3 N–H and O–H groups in total. The van der Waals surface area contributed by atoms with Crippen LogP contribution in [-0.4, -0.2) is 47.6 Å². The van der Waals surface area contributed by atoms with Gasteiger partial charge in [-0.25, -0.2) is 18.9 Å². The molecule has 1 aromatic rings. The van der Waals surface area contributed by atoms with Gasteiger partial charge < -0.3 is 20.5 Å². The maximum Gasteiger partial charge on any atom is 0.418 e. The standard InChI is InChI=1S/C15H14FN3O6/c1-17-13(23)18-10-4-7-2-3-15(8(7)5-9(10)16)12(22)19(6-11(20)21)14(24)25-15/h4-5H,2-3,6H2,1H3,(H,20,21)(H2,17,18,23)/t15-/m0/s1. The van der Waals surface area contributed by atoms with Crippen LogP contribution in [0.1, 0.15) is 17.5 Å². The van der Waals surface area contributed by atoms with E-state index in [1.807, 2.05) is 0 Å². The zero-order valence-corrected chi connectivity index (χ0v) is 13.1. The van der Waals surface area contributed by atoms with Gasteiger partial charge >= 0.3 is 18.1 Å². The van der Waals surface area contributed by atoms with Crippen molar-refractivity contribution in [2.45, 2.75) is 18.4 Å². The first-order chi connectivity index (χ1) is 11.8. The summed E-state index contributed by atoms with van der Waals surface area (Å²) in [4.78, 5) is 47.1. The van der Waals surface area contributed by atoms with Crippen LogP contribution >= 0.6 is 0 Å². The molecule has 1 atom stereocenters. The fraction of sp³-hybridized carbons (Fsp3) is 0.333. The molecule has 10 heteroatoms. The van der Waals surface area contributed by atoms with E-state index >= 15 is 0 Å². The SMILES string of the molecule is CNC(=O)Nc1cc2c(cc1F)[C@]1(CC2)OC(=O)N(CC(=O)O)C1=O. The van der Waals surface area contributed by atoms with E-state index in [1.165, 1.54) is 13.1 Å². The Morgan fingerprint density at radius 1 is 1.40 bits per heavy atom. The van der Waals surface area contributed by atoms with Gasteiger partial charge in [-0.05, 0) is 24.1 Å². The monoisotopic (exact) mass is 351 g/mol. The zero-order chi connectivity index (χ0) is 18.4. The first-order valence-corrected chi connectivity index (χ1v) is 7.37. The molecule has 25 heavy (non-hydrogen) atoms. The summed E-state index contributed by atoms with van der Waals surface area (Å²) in [6.07, 6.45) is -0.697. The number of carboxylic acid groups (broad SMARTS) is 1. The summed E-state index contributed by atoms with van der Waals surface area (Å²) in [5.74, 6) is -2.99. The summed E-state index contributed by atoms with van der Waals surface area (Å²) in [6.45, 7) is -0.826. The van der Waals surface area contributed by atoms with Crippen molar-refractivity contribution in [3.8, 4) is 0 Å². The number of nitrogens with one attached hydrogen (secondary N) is 2. The molecule has 1 aromatic carbocycles. The third-order valence-electron chi connectivity index (χ3n) is 4.22. The average molecular weight is 351 g/mol. The van der Waals surface area contributed by atoms with Crippen molar-refractivity contribution in [1.29, 1.82) is 0 Å². The number of carboxylic acids is 1. The van der Waals surface area contributed by atoms with Crippen LogP contribution < -0.4 is 10.6 Å². The lowest BCUT2D eigenvalue weighted by molar-refractivity contribution is -0.144. The zero-order valence-electron chi connectivity index (χ0n) is 13.1. The van der Waals surface area contributed by atoms with Crippen LogP contribution in [0.3, 0.4) is 0 Å². The highest BCUT2D eigenvalue weighted by atomic mass is 19.1. The van der Waals surface area contributed by atoms with Crippen LogP contribution in [0.25, 0.3) is 0 Å². The first-order valence-electron chi connectivity index (χ1n) is 7.37. The summed E-state index contributed by atoms with van der Waals surface area (Å²) in [5.41, 5.74) is -1.09. The summed E-state index contributed by atoms with van der Waals surface area (Å²) < 4.78 is 19.5. The van der Waals surface area contributed by atoms with Gasteiger partial charge in [-0.2, -0.15) is 0 Å². The van der Waals surface area contributed by atoms with Gasteiger partial charge in [-0.3, -0.25) is 9.59 Å². The number of fused-ring (bicyclic) bond motifs is 2. The van der Waals surface area contributed by atoms with Crippen molar-refractivity contribution in [1.82, 2.24) is 10.2 Å². The lowest BCUT2D eigenvalue weighted by Gasteiger charge is -2.20. The number of ether oxygens (including phenoxy) is 1. The van der Waals surface area contributed by atoms with Crippen molar-refractivity contribution in [3.05, 3.63) is 29.1 Å². The van der Waals surface area contributed by atoms with E-state index in [2.05, 4.69) is 10.6 Å². The molecule has 4 amide bonds. The normalized spacial score (nSPS) is 21.3. The number of carbonyl (C=O) groups excluding carboxylic acids is 3. The van der Waals surface area contributed by atoms with Gasteiger partial charge in [0.25, 0.3) is 5.91 Å². The van der Waals surface area contributed by atoms with E-state index in [4.69, 9.17) is 9.84 Å². The van der Waals surface area contributed by atoms with Gasteiger partial charge in [0.2, 0.25) is 5.60 Å². The number of nitrogens with zero attached hydrogens (tertiary/aromatic N) is 1. The quantitative estimate of drug-likeness (QED) is 0.739. The predicted octanol–water partition coefficient (Wildman–Crippen LogP) is 0.782. The van der Waals surface area contributed by atoms with E-state index in [0.717, 1.165) is 6.07 Å². The molecule has 2 aliphatic rings. The summed E-state index contributed by atoms with van der Waals surface area (Å²) >= 11 is 0. The van der Waals surface area contributed by atoms with Gasteiger partial charge in [0, 0.05) is 19.0 Å². The minimum atomic E-state index is -1.71. The fourth-order valence-corrected chi connectivity index (χ4v) is 3.08. The van der Waals surface area contributed by atoms with Crippen LogP contribution in [0.15, 0.2) is 12.1 Å². The second kappa shape index (κ2) is 5.72. The maximum atomic E-state index is 14.3. The Labute approximate surface area is 140 Å². The second-order valence-electron chi connectivity index (χ2n) is 5.67. The predicted molar refractivity (Wildman–Crippen MR) is 80.3 cm³/mol. The Morgan fingerprint density at radius 2 is 2.12 bits per heavy atom. The molecule has 132 valence electrons. The van der Waals surface area contributed by atoms with Gasteiger partial charge in [0.15, 0.2) is 0 Å². The molecule has 1 fully saturated rings. The van der Waals surface area contributed by atoms with E-state index in [0.29, 0.717) is 16.9 Å². The van der Waals surface area contributed by atoms with Gasteiger partial charge in [0.05, 0.1) is 5.69 Å². The molecule has 1 aliphatic carbocycles. The van der Waals surface area contributed by atoms with Crippen molar-refractivity contribution in [2.24, 2.45) is 0 Å². The highest BCUT2D eigenvalue weighted by molar-refractivity contribution is 6.06. The molecule has 1 spiro atoms. The molecule has 0 unspecified atom stereocenters. The molecule has 0 saturated carbocycles. The number of rotatable bonds is 3. The molecule has 1 heterocycles. The van der Waals surface area contributed by atoms with Crippen LogP contribution in [0.2, 0.25) is 0 Å². The molecule has 0 aromatic heterocycles. The second-order valence-corrected chi connectivity index (χ2v) is 5.67. The largest absolute Gasteiger partial charge is 0.480 e. The van der Waals surface area contributed by atoms with E-state index in [9.17, 15) is 23.6 Å². The Kier molecular flexibility index (Phi) is 3.82. The number of benzene rings is 1. The van der Waals surface area contributed by atoms with Crippen molar-refractivity contribution in [2.75, 3.05) is 18.9 Å². The molecule has 0 radical (unpaired) electrons. The number of aliphatic carboxylic acids is 1. The van der Waals surface area contributed by atoms with Crippen molar-refractivity contribution >= 4 is 29.7 Å². The van der Waals surface area contributed by atoms with Crippen LogP contribution in [-0.2, 0) is 26.3 Å². The lowest BCUT2D eigenvalue weighted by Crippen LogP contribution is -2.39. The first kappa shape index (κ1) is 16.7. The Balaban J connectivity index is 1.98. The molecular weight excluding hydrogens is 337 g/mol. The van der Waals surface area contributed by atoms with Crippen LogP contribution in [0, 0.1) is 5.82 Å². The highest BCUT2D eigenvalue weighted by Gasteiger charge is 2.58. The summed E-state index contributed by atoms with van der Waals surface area (Å²) in [7, 11) is 1.38. The molecule has 1 saturated heterocycles. The maximum absolute atomic E-state index is 14.3. The molecular formula is C15H14FN3O6. The molecule has 0 bridgehead atoms. The van der Waals surface area contributed by atoms with Gasteiger partial charge in [-0.15, -0.1) is 0 Å². The minimum absolute atomic E-state index is 0.0747. The average Bonchev–Trinajstić information content (AvgIpc) is 3.01. The number of halogens is 1. The van der Waals surface area contributed by atoms with Gasteiger partial charge in [-0.1, -0.05) is 0 Å². The van der Waals surface area contributed by atoms with Crippen molar-refractivity contribution in [3.63, 3.8) is 0 Å². The number of hydrogen-bond acceptors (Lipinski definition) is 5. The van der Waals surface area contributed by atoms with E-state index < -0.39 is 42.0 Å². The number of anilines is 1. The number of carbonyl (C=O) groups is 4. The minimum Gasteiger partial charge on any atom is -0.480 e. The highest BCUT2D eigenvalue weighted by Crippen LogP contribution is 2.46. The third-order valence-corrected chi connectivity index (χ3v) is 4.22. The number of urea groups is 1. The van der Waals surface area contributed by atoms with Gasteiger partial charge in [0.1, 0.15) is 12.4 Å². The fourth-order valence-electron chi connectivity index (χ4n) is 3.08. The number of imide groups is 1. The third kappa shape index (κ3) is 2.55. The van der Waals surface area contributed by atoms with Crippen LogP contribution in [0.4, 0.5) is 19.7 Å². The topological polar surface area (TPSA) is 125 Å². The lowest BCUT2D eigenvalue weighted by atomic mass is 9.94. The Morgan fingerprint density at radius 3 is 2.76 bits per heavy atom. The van der Waals surface area contributed by atoms with Crippen LogP contribution in [0.5, 0.6) is 0 Å². The Bertz CT molecular complexity index is 811. The Hall–Kier alpha value is -3.17.